The number of nitrogens with zero attached hydrogens (tertiary/aromatic N) is 1. The highest BCUT2D eigenvalue weighted by atomic mass is 79.9. The molecule has 72 valence electrons. The van der Waals surface area contributed by atoms with Crippen LogP contribution in [0.15, 0.2) is 0 Å². The van der Waals surface area contributed by atoms with Crippen molar-refractivity contribution >= 4 is 37.6 Å². The zero-order chi connectivity index (χ0) is 10.2. The van der Waals surface area contributed by atoms with E-state index in [0.29, 0.717) is 5.67 Å². The fourth-order valence-corrected chi connectivity index (χ4v) is 1.91. The minimum absolute atomic E-state index is 0.140. The molecule has 0 saturated heterocycles. The molecule has 0 heterocycles. The summed E-state index contributed by atoms with van der Waals surface area (Å²) in [6, 6.07) is 0. The van der Waals surface area contributed by atoms with Gasteiger partial charge in [0.05, 0.1) is 0 Å². The fourth-order valence-electron chi connectivity index (χ4n) is 0.680. The van der Waals surface area contributed by atoms with Crippen molar-refractivity contribution in [3.8, 4) is 0 Å². The molecule has 0 rings (SSSR count). The molecular weight excluding hydrogens is 281 g/mol. The van der Waals surface area contributed by atoms with Gasteiger partial charge in [-0.3, -0.25) is 3.84 Å². The Kier molecular flexibility index (Phi) is 4.34. The third-order valence-electron chi connectivity index (χ3n) is 1.55. The van der Waals surface area contributed by atoms with Gasteiger partial charge in [0.15, 0.2) is 0 Å². The van der Waals surface area contributed by atoms with Crippen LogP contribution in [0.1, 0.15) is 41.5 Å². The van der Waals surface area contributed by atoms with Crippen molar-refractivity contribution in [1.29, 1.82) is 0 Å². The zero-order valence-corrected chi connectivity index (χ0v) is 12.0. The summed E-state index contributed by atoms with van der Waals surface area (Å²) in [5, 5.41) is 0.233. The van der Waals surface area contributed by atoms with E-state index in [0.717, 1.165) is 0 Å². The van der Waals surface area contributed by atoms with Crippen molar-refractivity contribution in [3.63, 3.8) is 0 Å². The average molecular weight is 299 g/mol. The minimum atomic E-state index is 0.140. The van der Waals surface area contributed by atoms with E-state index in [-0.39, 0.29) is 10.9 Å². The molecule has 0 radical (unpaired) electrons. The summed E-state index contributed by atoms with van der Waals surface area (Å²) in [6.45, 7) is 13.2. The summed E-state index contributed by atoms with van der Waals surface area (Å²) in [4.78, 5) is 0. The molecule has 0 fully saturated rings. The summed E-state index contributed by atoms with van der Waals surface area (Å²) in [6.07, 6.45) is 0. The second kappa shape index (κ2) is 4.01. The Morgan fingerprint density at radius 2 is 1.33 bits per heavy atom. The quantitative estimate of drug-likeness (QED) is 0.521. The van der Waals surface area contributed by atoms with Crippen LogP contribution in [0, 0.1) is 0 Å². The second-order valence-electron chi connectivity index (χ2n) is 5.18. The molecule has 0 saturated carbocycles. The number of hydrogen-bond donors (Lipinski definition) is 0. The molecule has 0 aromatic heterocycles. The van der Waals surface area contributed by atoms with Crippen LogP contribution in [0.25, 0.3) is 0 Å². The van der Waals surface area contributed by atoms with Crippen LogP contribution in [-0.2, 0) is 0 Å². The van der Waals surface area contributed by atoms with E-state index in [9.17, 15) is 0 Å². The monoisotopic (exact) mass is 297 g/mol. The zero-order valence-electron chi connectivity index (χ0n) is 8.78. The standard InChI is InChI=1S/C8H18BBr2N/c1-7(2,3)9(10)12(11)8(4,5)6/h1-6H3. The lowest BCUT2D eigenvalue weighted by molar-refractivity contribution is 0.392. The number of hydrogen-bond acceptors (Lipinski definition) is 1. The van der Waals surface area contributed by atoms with Gasteiger partial charge in [0.25, 0.3) is 0 Å². The summed E-state index contributed by atoms with van der Waals surface area (Å²) in [5.41, 5.74) is 0.478. The maximum atomic E-state index is 3.68. The molecule has 0 aromatic carbocycles. The van der Waals surface area contributed by atoms with E-state index in [1.54, 1.807) is 0 Å². The third-order valence-corrected chi connectivity index (χ3v) is 5.36. The molecule has 0 aliphatic rings. The molecule has 0 aromatic rings. The third kappa shape index (κ3) is 3.80. The Labute approximate surface area is 93.7 Å². The normalized spacial score (nSPS) is 13.8. The maximum Gasteiger partial charge on any atom is 0.318 e. The smallest absolute Gasteiger partial charge is 0.264 e. The van der Waals surface area contributed by atoms with Crippen LogP contribution in [0.4, 0.5) is 0 Å². The Morgan fingerprint density at radius 1 is 1.00 bits per heavy atom. The van der Waals surface area contributed by atoms with E-state index >= 15 is 0 Å². The lowest BCUT2D eigenvalue weighted by Gasteiger charge is -2.37. The molecule has 0 N–H and O–H groups in total. The van der Waals surface area contributed by atoms with Gasteiger partial charge >= 0.3 is 5.67 Å². The largest absolute Gasteiger partial charge is 0.318 e. The fraction of sp³-hybridized carbons (Fsp3) is 1.00. The minimum Gasteiger partial charge on any atom is -0.264 e. The van der Waals surface area contributed by atoms with Crippen molar-refractivity contribution in [2.75, 3.05) is 0 Å². The van der Waals surface area contributed by atoms with E-state index in [2.05, 4.69) is 77.3 Å². The molecule has 0 bridgehead atoms. The van der Waals surface area contributed by atoms with Gasteiger partial charge < -0.3 is 0 Å². The average Bonchev–Trinajstić information content (AvgIpc) is 1.80. The van der Waals surface area contributed by atoms with Crippen LogP contribution in [0.3, 0.4) is 0 Å². The van der Waals surface area contributed by atoms with Gasteiger partial charge in [-0.1, -0.05) is 20.8 Å². The van der Waals surface area contributed by atoms with Crippen molar-refractivity contribution < 1.29 is 0 Å². The van der Waals surface area contributed by atoms with Crippen LogP contribution in [-0.4, -0.2) is 15.0 Å². The maximum absolute atomic E-state index is 3.68. The van der Waals surface area contributed by atoms with Gasteiger partial charge in [0.1, 0.15) is 0 Å². The molecule has 0 amide bonds. The molecule has 12 heavy (non-hydrogen) atoms. The Hall–Kier alpha value is 0.985. The van der Waals surface area contributed by atoms with E-state index in [4.69, 9.17) is 0 Å². The van der Waals surface area contributed by atoms with Crippen LogP contribution in [0.2, 0.25) is 5.31 Å². The predicted molar refractivity (Wildman–Crippen MR) is 64.9 cm³/mol. The molecule has 0 atom stereocenters. The highest BCUT2D eigenvalue weighted by Gasteiger charge is 2.37. The first-order chi connectivity index (χ1) is 5.07. The van der Waals surface area contributed by atoms with Crippen LogP contribution < -0.4 is 0 Å². The lowest BCUT2D eigenvalue weighted by atomic mass is 9.63. The highest BCUT2D eigenvalue weighted by Crippen LogP contribution is 2.37. The van der Waals surface area contributed by atoms with Crippen molar-refractivity contribution in [3.05, 3.63) is 0 Å². The predicted octanol–water partition coefficient (Wildman–Crippen LogP) is 4.08. The molecule has 0 spiro atoms. The molecule has 0 aliphatic carbocycles. The highest BCUT2D eigenvalue weighted by molar-refractivity contribution is 9.25. The van der Waals surface area contributed by atoms with Gasteiger partial charge in [-0.25, -0.2) is 0 Å². The Balaban J connectivity index is 4.41. The van der Waals surface area contributed by atoms with Gasteiger partial charge in [-0.15, -0.1) is 15.8 Å². The van der Waals surface area contributed by atoms with Gasteiger partial charge in [-0.2, -0.15) is 0 Å². The van der Waals surface area contributed by atoms with Gasteiger partial charge in [0.2, 0.25) is 0 Å². The van der Waals surface area contributed by atoms with Crippen LogP contribution >= 0.6 is 31.9 Å². The Bertz CT molecular complexity index is 130. The summed E-state index contributed by atoms with van der Waals surface area (Å²) in [5.74, 6) is 0. The lowest BCUT2D eigenvalue weighted by Crippen LogP contribution is -2.45. The Morgan fingerprint density at radius 3 is 1.42 bits per heavy atom. The molecule has 1 nitrogen and oxygen atoms in total. The summed E-state index contributed by atoms with van der Waals surface area (Å²) in [7, 11) is 0. The first kappa shape index (κ1) is 13.0. The summed E-state index contributed by atoms with van der Waals surface area (Å²) < 4.78 is 2.17. The molecule has 0 aliphatic heterocycles. The van der Waals surface area contributed by atoms with Crippen LogP contribution in [0.5, 0.6) is 0 Å². The first-order valence-electron chi connectivity index (χ1n) is 4.16. The van der Waals surface area contributed by atoms with Crippen molar-refractivity contribution in [2.24, 2.45) is 0 Å². The first-order valence-corrected chi connectivity index (χ1v) is 5.78. The van der Waals surface area contributed by atoms with Crippen molar-refractivity contribution in [1.82, 2.24) is 3.84 Å². The van der Waals surface area contributed by atoms with E-state index in [1.807, 2.05) is 0 Å². The number of rotatable bonds is 1. The van der Waals surface area contributed by atoms with Gasteiger partial charge in [0, 0.05) is 21.7 Å². The summed E-state index contributed by atoms with van der Waals surface area (Å²) >= 11 is 7.26. The van der Waals surface area contributed by atoms with E-state index < -0.39 is 0 Å². The molecule has 4 heteroatoms. The van der Waals surface area contributed by atoms with E-state index in [1.165, 1.54) is 0 Å². The number of halogens is 2. The van der Waals surface area contributed by atoms with Gasteiger partial charge in [-0.05, 0) is 26.1 Å². The SMILES string of the molecule is CC(C)(C)B(Br)N(Br)C(C)(C)C. The molecule has 0 unspecified atom stereocenters. The molecular formula is C8H18BBr2N. The topological polar surface area (TPSA) is 3.24 Å². The second-order valence-corrected chi connectivity index (χ2v) is 6.82. The van der Waals surface area contributed by atoms with Crippen molar-refractivity contribution in [2.45, 2.75) is 52.4 Å².